The zero-order chi connectivity index (χ0) is 18.3. The van der Waals surface area contributed by atoms with Crippen molar-refractivity contribution < 1.29 is 14.3 Å². The van der Waals surface area contributed by atoms with E-state index in [4.69, 9.17) is 10.5 Å². The summed E-state index contributed by atoms with van der Waals surface area (Å²) in [5, 5.41) is 12.2. The van der Waals surface area contributed by atoms with Crippen molar-refractivity contribution in [2.45, 2.75) is 38.4 Å². The van der Waals surface area contributed by atoms with Crippen LogP contribution in [0.15, 0.2) is 11.4 Å². The number of rotatable bonds is 7. The minimum Gasteiger partial charge on any atom is -0.462 e. The number of thioether (sulfide) groups is 1. The van der Waals surface area contributed by atoms with Crippen LogP contribution in [0.4, 0.5) is 5.82 Å². The Hall–Kier alpha value is -2.34. The van der Waals surface area contributed by atoms with Gasteiger partial charge in [-0.25, -0.2) is 14.8 Å². The summed E-state index contributed by atoms with van der Waals surface area (Å²) >= 11 is 1.06. The molecule has 0 aliphatic heterocycles. The molecular weight excluding hydrogens is 330 g/mol. The van der Waals surface area contributed by atoms with E-state index < -0.39 is 11.5 Å². The summed E-state index contributed by atoms with van der Waals surface area (Å²) in [6.45, 7) is 7.29. The van der Waals surface area contributed by atoms with Crippen LogP contribution in [-0.4, -0.2) is 39.7 Å². The number of nitrogen functional groups attached to an aromatic ring is 1. The lowest BCUT2D eigenvalue weighted by atomic mass is 9.90. The molecule has 0 aliphatic rings. The molecule has 1 rings (SSSR count). The Morgan fingerprint density at radius 3 is 2.71 bits per heavy atom. The van der Waals surface area contributed by atoms with Crippen LogP contribution in [-0.2, 0) is 9.53 Å². The van der Waals surface area contributed by atoms with Crippen molar-refractivity contribution in [3.63, 3.8) is 0 Å². The lowest BCUT2D eigenvalue weighted by Crippen LogP contribution is -2.49. The van der Waals surface area contributed by atoms with Gasteiger partial charge in [-0.3, -0.25) is 4.79 Å². The van der Waals surface area contributed by atoms with Gasteiger partial charge in [0, 0.05) is 6.20 Å². The minimum atomic E-state index is -0.939. The summed E-state index contributed by atoms with van der Waals surface area (Å²) in [7, 11) is 0. The van der Waals surface area contributed by atoms with Crippen molar-refractivity contribution in [3.8, 4) is 6.07 Å². The van der Waals surface area contributed by atoms with Crippen LogP contribution < -0.4 is 11.1 Å². The molecule has 3 N–H and O–H groups in total. The van der Waals surface area contributed by atoms with Crippen LogP contribution in [0.3, 0.4) is 0 Å². The first-order chi connectivity index (χ1) is 11.2. The maximum absolute atomic E-state index is 12.0. The van der Waals surface area contributed by atoms with Crippen LogP contribution in [0, 0.1) is 17.2 Å². The van der Waals surface area contributed by atoms with Gasteiger partial charge < -0.3 is 15.8 Å². The van der Waals surface area contributed by atoms with Gasteiger partial charge in [0.2, 0.25) is 5.91 Å². The molecule has 24 heavy (non-hydrogen) atoms. The molecule has 0 unspecified atom stereocenters. The molecule has 8 nitrogen and oxygen atoms in total. The molecule has 9 heteroatoms. The van der Waals surface area contributed by atoms with Crippen molar-refractivity contribution in [1.82, 2.24) is 15.3 Å². The first kappa shape index (κ1) is 19.7. The maximum Gasteiger partial charge on any atom is 0.343 e. The second-order valence-electron chi connectivity index (χ2n) is 5.48. The van der Waals surface area contributed by atoms with E-state index in [0.717, 1.165) is 11.8 Å². The molecule has 0 fully saturated rings. The Bertz CT molecular complexity index is 659. The smallest absolute Gasteiger partial charge is 0.343 e. The second-order valence-corrected chi connectivity index (χ2v) is 6.42. The van der Waals surface area contributed by atoms with Gasteiger partial charge in [0.25, 0.3) is 0 Å². The fourth-order valence-corrected chi connectivity index (χ4v) is 2.19. The summed E-state index contributed by atoms with van der Waals surface area (Å²) in [6.07, 6.45) is 1.27. The van der Waals surface area contributed by atoms with Crippen molar-refractivity contribution in [2.24, 2.45) is 5.92 Å². The summed E-state index contributed by atoms with van der Waals surface area (Å²) in [5.74, 6) is -0.912. The molecule has 1 aromatic heterocycles. The van der Waals surface area contributed by atoms with E-state index >= 15 is 0 Å². The number of esters is 1. The van der Waals surface area contributed by atoms with Gasteiger partial charge in [-0.15, -0.1) is 0 Å². The molecule has 0 aliphatic carbocycles. The van der Waals surface area contributed by atoms with Crippen LogP contribution in [0.1, 0.15) is 38.1 Å². The van der Waals surface area contributed by atoms with Gasteiger partial charge >= 0.3 is 5.97 Å². The molecule has 0 saturated heterocycles. The van der Waals surface area contributed by atoms with E-state index in [0.29, 0.717) is 0 Å². The number of nitrogens with two attached hydrogens (primary N) is 1. The van der Waals surface area contributed by atoms with Gasteiger partial charge in [0.1, 0.15) is 16.9 Å². The Morgan fingerprint density at radius 2 is 2.21 bits per heavy atom. The molecule has 0 aromatic carbocycles. The number of nitrogens with zero attached hydrogens (tertiary/aromatic N) is 3. The third-order valence-corrected chi connectivity index (χ3v) is 4.27. The molecule has 1 atom stereocenters. The Balaban J connectivity index is 2.69. The summed E-state index contributed by atoms with van der Waals surface area (Å²) in [4.78, 5) is 31.6. The number of anilines is 1. The third kappa shape index (κ3) is 5.09. The highest BCUT2D eigenvalue weighted by Gasteiger charge is 2.29. The van der Waals surface area contributed by atoms with E-state index in [1.165, 1.54) is 6.20 Å². The summed E-state index contributed by atoms with van der Waals surface area (Å²) in [6, 6.07) is 2.10. The number of carbonyl (C=O) groups excluding carboxylic acids is 2. The fourth-order valence-electron chi connectivity index (χ4n) is 1.57. The predicted molar refractivity (Wildman–Crippen MR) is 90.1 cm³/mol. The molecule has 1 heterocycles. The van der Waals surface area contributed by atoms with Crippen LogP contribution >= 0.6 is 11.8 Å². The van der Waals surface area contributed by atoms with Crippen LogP contribution in [0.5, 0.6) is 0 Å². The predicted octanol–water partition coefficient (Wildman–Crippen LogP) is 1.38. The highest BCUT2D eigenvalue weighted by atomic mass is 32.2. The normalized spacial score (nSPS) is 13.0. The molecule has 1 amide bonds. The SMILES string of the molecule is CCOC(=O)c1cnc(SCC(=O)N[C@](C)(C#N)C(C)C)nc1N. The lowest BCUT2D eigenvalue weighted by Gasteiger charge is -2.27. The number of amides is 1. The van der Waals surface area contributed by atoms with Crippen LogP contribution in [0.2, 0.25) is 0 Å². The molecule has 0 radical (unpaired) electrons. The number of hydrogen-bond acceptors (Lipinski definition) is 8. The lowest BCUT2D eigenvalue weighted by molar-refractivity contribution is -0.120. The van der Waals surface area contributed by atoms with Crippen molar-refractivity contribution in [3.05, 3.63) is 11.8 Å². The fraction of sp³-hybridized carbons (Fsp3) is 0.533. The van der Waals surface area contributed by atoms with Crippen molar-refractivity contribution >= 4 is 29.5 Å². The quantitative estimate of drug-likeness (QED) is 0.428. The molecule has 0 bridgehead atoms. The van der Waals surface area contributed by atoms with Gasteiger partial charge in [0.15, 0.2) is 5.16 Å². The highest BCUT2D eigenvalue weighted by molar-refractivity contribution is 7.99. The minimum absolute atomic E-state index is 0.00426. The molecule has 130 valence electrons. The number of ether oxygens (including phenoxy) is 1. The maximum atomic E-state index is 12.0. The molecule has 0 saturated carbocycles. The van der Waals surface area contributed by atoms with E-state index in [1.54, 1.807) is 13.8 Å². The number of nitriles is 1. The standard InChI is InChI=1S/C15H21N5O3S/c1-5-23-13(22)10-6-18-14(19-12(10)17)24-7-11(21)20-15(4,8-16)9(2)3/h6,9H,5,7H2,1-4H3,(H,20,21)(H2,17,18,19)/t15-/m1/s1. The average molecular weight is 351 g/mol. The second kappa shape index (κ2) is 8.49. The highest BCUT2D eigenvalue weighted by Crippen LogP contribution is 2.19. The van der Waals surface area contributed by atoms with E-state index in [-0.39, 0.29) is 40.7 Å². The van der Waals surface area contributed by atoms with Gasteiger partial charge in [-0.2, -0.15) is 5.26 Å². The van der Waals surface area contributed by atoms with Gasteiger partial charge in [-0.05, 0) is 19.8 Å². The summed E-state index contributed by atoms with van der Waals surface area (Å²) in [5.41, 5.74) is 4.86. The molecule has 1 aromatic rings. The van der Waals surface area contributed by atoms with Gasteiger partial charge in [0.05, 0.1) is 18.4 Å². The Morgan fingerprint density at radius 1 is 1.54 bits per heavy atom. The summed E-state index contributed by atoms with van der Waals surface area (Å²) < 4.78 is 4.84. The number of carbonyl (C=O) groups is 2. The topological polar surface area (TPSA) is 131 Å². The third-order valence-electron chi connectivity index (χ3n) is 3.41. The molecular formula is C15H21N5O3S. The largest absolute Gasteiger partial charge is 0.462 e. The monoisotopic (exact) mass is 351 g/mol. The van der Waals surface area contributed by atoms with E-state index in [9.17, 15) is 14.9 Å². The number of nitrogens with one attached hydrogen (secondary N) is 1. The van der Waals surface area contributed by atoms with Crippen molar-refractivity contribution in [1.29, 1.82) is 5.26 Å². The van der Waals surface area contributed by atoms with E-state index in [1.807, 2.05) is 13.8 Å². The zero-order valence-electron chi connectivity index (χ0n) is 14.1. The zero-order valence-corrected chi connectivity index (χ0v) is 14.9. The number of hydrogen-bond donors (Lipinski definition) is 2. The van der Waals surface area contributed by atoms with E-state index in [2.05, 4.69) is 21.4 Å². The Kier molecular flexibility index (Phi) is 6.97. The van der Waals surface area contributed by atoms with Crippen LogP contribution in [0.25, 0.3) is 0 Å². The Labute approximate surface area is 145 Å². The average Bonchev–Trinajstić information content (AvgIpc) is 2.52. The van der Waals surface area contributed by atoms with Gasteiger partial charge in [-0.1, -0.05) is 25.6 Å². The first-order valence-corrected chi connectivity index (χ1v) is 8.36. The first-order valence-electron chi connectivity index (χ1n) is 7.38. The van der Waals surface area contributed by atoms with Crippen molar-refractivity contribution in [2.75, 3.05) is 18.1 Å². The number of aromatic nitrogens is 2. The molecule has 0 spiro atoms.